The van der Waals surface area contributed by atoms with E-state index in [0.29, 0.717) is 25.6 Å². The van der Waals surface area contributed by atoms with Gasteiger partial charge in [-0.25, -0.2) is 0 Å². The standard InChI is InChI=1S/C23H44O4/c1-5-9-11-13-14-16-18-20(17-15-12-10-6-2)19-21(22(24)26-7-3)23(25)27-8-4/h20-21H,5-19H2,1-4H3. The quantitative estimate of drug-likeness (QED) is 0.155. The second-order valence-electron chi connectivity index (χ2n) is 7.56. The van der Waals surface area contributed by atoms with Crippen LogP contribution in [0.3, 0.4) is 0 Å². The Morgan fingerprint density at radius 2 is 1.04 bits per heavy atom. The first-order chi connectivity index (χ1) is 13.1. The summed E-state index contributed by atoms with van der Waals surface area (Å²) in [4.78, 5) is 24.6. The summed E-state index contributed by atoms with van der Waals surface area (Å²) in [6, 6.07) is 0. The summed E-state index contributed by atoms with van der Waals surface area (Å²) in [6.07, 6.45) is 15.2. The molecular formula is C23H44O4. The van der Waals surface area contributed by atoms with Crippen LogP contribution < -0.4 is 0 Å². The fraction of sp³-hybridized carbons (Fsp3) is 0.913. The van der Waals surface area contributed by atoms with Gasteiger partial charge in [-0.3, -0.25) is 9.59 Å². The smallest absolute Gasteiger partial charge is 0.320 e. The Morgan fingerprint density at radius 3 is 1.48 bits per heavy atom. The van der Waals surface area contributed by atoms with Gasteiger partial charge in [0.05, 0.1) is 13.2 Å². The number of esters is 2. The SMILES string of the molecule is CCCCCCCCC(CCCCCC)CC(C(=O)OCC)C(=O)OCC. The van der Waals surface area contributed by atoms with Crippen LogP contribution >= 0.6 is 0 Å². The largest absolute Gasteiger partial charge is 0.465 e. The Bertz CT molecular complexity index is 349. The number of carbonyl (C=O) groups is 2. The third kappa shape index (κ3) is 13.7. The van der Waals surface area contributed by atoms with Crippen molar-refractivity contribution in [3.63, 3.8) is 0 Å². The minimum absolute atomic E-state index is 0.299. The van der Waals surface area contributed by atoms with E-state index in [1.165, 1.54) is 64.2 Å². The molecule has 0 rings (SSSR count). The Hall–Kier alpha value is -1.06. The van der Waals surface area contributed by atoms with Crippen molar-refractivity contribution in [3.05, 3.63) is 0 Å². The normalized spacial score (nSPS) is 12.2. The summed E-state index contributed by atoms with van der Waals surface area (Å²) >= 11 is 0. The number of unbranched alkanes of at least 4 members (excludes halogenated alkanes) is 8. The van der Waals surface area contributed by atoms with Crippen molar-refractivity contribution in [1.82, 2.24) is 0 Å². The molecule has 0 aliphatic carbocycles. The highest BCUT2D eigenvalue weighted by molar-refractivity contribution is 5.94. The molecule has 1 unspecified atom stereocenters. The van der Waals surface area contributed by atoms with Crippen LogP contribution in [-0.2, 0) is 19.1 Å². The molecular weight excluding hydrogens is 340 g/mol. The molecule has 0 heterocycles. The predicted molar refractivity (Wildman–Crippen MR) is 112 cm³/mol. The zero-order valence-electron chi connectivity index (χ0n) is 18.4. The van der Waals surface area contributed by atoms with Gasteiger partial charge in [0.25, 0.3) is 0 Å². The summed E-state index contributed by atoms with van der Waals surface area (Å²) in [5.74, 6) is -1.21. The number of carbonyl (C=O) groups excluding carboxylic acids is 2. The maximum Gasteiger partial charge on any atom is 0.320 e. The van der Waals surface area contributed by atoms with Gasteiger partial charge in [0.15, 0.2) is 5.92 Å². The summed E-state index contributed by atoms with van der Waals surface area (Å²) < 4.78 is 10.3. The van der Waals surface area contributed by atoms with Crippen molar-refractivity contribution >= 4 is 11.9 Å². The van der Waals surface area contributed by atoms with Crippen LogP contribution in [0.15, 0.2) is 0 Å². The molecule has 0 aromatic carbocycles. The molecule has 0 saturated carbocycles. The second kappa shape index (κ2) is 18.3. The van der Waals surface area contributed by atoms with E-state index < -0.39 is 17.9 Å². The van der Waals surface area contributed by atoms with Gasteiger partial charge >= 0.3 is 11.9 Å². The van der Waals surface area contributed by atoms with Crippen LogP contribution in [0, 0.1) is 11.8 Å². The summed E-state index contributed by atoms with van der Waals surface area (Å²) in [6.45, 7) is 8.60. The van der Waals surface area contributed by atoms with E-state index in [-0.39, 0.29) is 0 Å². The monoisotopic (exact) mass is 384 g/mol. The lowest BCUT2D eigenvalue weighted by atomic mass is 9.86. The molecule has 27 heavy (non-hydrogen) atoms. The van der Waals surface area contributed by atoms with Crippen molar-refractivity contribution in [2.24, 2.45) is 11.8 Å². The van der Waals surface area contributed by atoms with Gasteiger partial charge in [0.1, 0.15) is 0 Å². The Labute approximate surface area is 167 Å². The Kier molecular flexibility index (Phi) is 17.6. The van der Waals surface area contributed by atoms with Crippen LogP contribution in [0.2, 0.25) is 0 Å². The first-order valence-electron chi connectivity index (χ1n) is 11.4. The molecule has 4 nitrogen and oxygen atoms in total. The zero-order chi connectivity index (χ0) is 20.3. The van der Waals surface area contributed by atoms with E-state index in [9.17, 15) is 9.59 Å². The molecule has 4 heteroatoms. The molecule has 0 aromatic heterocycles. The third-order valence-electron chi connectivity index (χ3n) is 5.14. The molecule has 0 spiro atoms. The molecule has 0 fully saturated rings. The molecule has 0 saturated heterocycles. The number of hydrogen-bond donors (Lipinski definition) is 0. The van der Waals surface area contributed by atoms with E-state index in [0.717, 1.165) is 12.8 Å². The van der Waals surface area contributed by atoms with Crippen molar-refractivity contribution in [3.8, 4) is 0 Å². The van der Waals surface area contributed by atoms with E-state index in [1.807, 2.05) is 0 Å². The summed E-state index contributed by atoms with van der Waals surface area (Å²) in [5, 5.41) is 0. The fourth-order valence-electron chi connectivity index (χ4n) is 3.56. The van der Waals surface area contributed by atoms with Crippen molar-refractivity contribution in [1.29, 1.82) is 0 Å². The topological polar surface area (TPSA) is 52.6 Å². The van der Waals surface area contributed by atoms with E-state index >= 15 is 0 Å². The van der Waals surface area contributed by atoms with Crippen LogP contribution in [0.5, 0.6) is 0 Å². The predicted octanol–water partition coefficient (Wildman–Crippen LogP) is 6.46. The average Bonchev–Trinajstić information content (AvgIpc) is 2.65. The lowest BCUT2D eigenvalue weighted by Crippen LogP contribution is -2.30. The lowest BCUT2D eigenvalue weighted by molar-refractivity contribution is -0.162. The van der Waals surface area contributed by atoms with Gasteiger partial charge in [-0.05, 0) is 26.2 Å². The number of ether oxygens (including phenoxy) is 2. The molecule has 0 bridgehead atoms. The fourth-order valence-corrected chi connectivity index (χ4v) is 3.56. The van der Waals surface area contributed by atoms with E-state index in [1.54, 1.807) is 13.8 Å². The maximum atomic E-state index is 12.3. The summed E-state index contributed by atoms with van der Waals surface area (Å²) in [5.41, 5.74) is 0. The highest BCUT2D eigenvalue weighted by atomic mass is 16.6. The molecule has 0 aromatic rings. The molecule has 160 valence electrons. The van der Waals surface area contributed by atoms with Crippen LogP contribution in [-0.4, -0.2) is 25.2 Å². The molecule has 1 atom stereocenters. The summed E-state index contributed by atoms with van der Waals surface area (Å²) in [7, 11) is 0. The minimum Gasteiger partial charge on any atom is -0.465 e. The average molecular weight is 385 g/mol. The van der Waals surface area contributed by atoms with E-state index in [4.69, 9.17) is 9.47 Å². The van der Waals surface area contributed by atoms with Crippen LogP contribution in [0.1, 0.15) is 111 Å². The highest BCUT2D eigenvalue weighted by Crippen LogP contribution is 2.27. The van der Waals surface area contributed by atoms with Crippen LogP contribution in [0.25, 0.3) is 0 Å². The lowest BCUT2D eigenvalue weighted by Gasteiger charge is -2.22. The second-order valence-corrected chi connectivity index (χ2v) is 7.56. The van der Waals surface area contributed by atoms with Crippen molar-refractivity contribution in [2.45, 2.75) is 111 Å². The van der Waals surface area contributed by atoms with Crippen LogP contribution in [0.4, 0.5) is 0 Å². The molecule has 0 radical (unpaired) electrons. The first-order valence-corrected chi connectivity index (χ1v) is 11.4. The number of hydrogen-bond acceptors (Lipinski definition) is 4. The molecule has 0 aliphatic heterocycles. The number of rotatable bonds is 18. The van der Waals surface area contributed by atoms with Crippen molar-refractivity contribution < 1.29 is 19.1 Å². The Morgan fingerprint density at radius 1 is 0.630 bits per heavy atom. The zero-order valence-corrected chi connectivity index (χ0v) is 18.4. The van der Waals surface area contributed by atoms with E-state index in [2.05, 4.69) is 13.8 Å². The van der Waals surface area contributed by atoms with Gasteiger partial charge < -0.3 is 9.47 Å². The maximum absolute atomic E-state index is 12.3. The first kappa shape index (κ1) is 25.9. The third-order valence-corrected chi connectivity index (χ3v) is 5.14. The minimum atomic E-state index is -0.763. The van der Waals surface area contributed by atoms with Gasteiger partial charge in [0.2, 0.25) is 0 Å². The highest BCUT2D eigenvalue weighted by Gasteiger charge is 2.32. The molecule has 0 amide bonds. The van der Waals surface area contributed by atoms with Gasteiger partial charge in [-0.15, -0.1) is 0 Å². The van der Waals surface area contributed by atoms with Crippen molar-refractivity contribution in [2.75, 3.05) is 13.2 Å². The van der Waals surface area contributed by atoms with Gasteiger partial charge in [-0.2, -0.15) is 0 Å². The Balaban J connectivity index is 4.69. The molecule has 0 aliphatic rings. The van der Waals surface area contributed by atoms with Gasteiger partial charge in [-0.1, -0.05) is 90.9 Å². The van der Waals surface area contributed by atoms with Gasteiger partial charge in [0, 0.05) is 0 Å². The molecule has 0 N–H and O–H groups in total.